The van der Waals surface area contributed by atoms with Crippen LogP contribution in [0.2, 0.25) is 0 Å². The Bertz CT molecular complexity index is 1190. The Morgan fingerprint density at radius 2 is 1.68 bits per heavy atom. The minimum absolute atomic E-state index is 0.0305. The molecule has 0 radical (unpaired) electrons. The largest absolute Gasteiger partial charge is 0.336 e. The van der Waals surface area contributed by atoms with Crippen molar-refractivity contribution in [1.29, 1.82) is 0 Å². The molecule has 1 saturated heterocycles. The van der Waals surface area contributed by atoms with Gasteiger partial charge in [-0.15, -0.1) is 0 Å². The summed E-state index contributed by atoms with van der Waals surface area (Å²) in [5.41, 5.74) is 4.88. The molecule has 34 heavy (non-hydrogen) atoms. The molecule has 10 heteroatoms. The fraction of sp³-hybridized carbons (Fsp3) is 0.458. The van der Waals surface area contributed by atoms with Crippen molar-refractivity contribution in [3.8, 4) is 0 Å². The van der Waals surface area contributed by atoms with Crippen LogP contribution in [0.1, 0.15) is 45.5 Å². The Morgan fingerprint density at radius 1 is 1.00 bits per heavy atom. The maximum absolute atomic E-state index is 13.0. The van der Waals surface area contributed by atoms with E-state index < -0.39 is 4.92 Å². The third-order valence-electron chi connectivity index (χ3n) is 6.48. The second-order valence-corrected chi connectivity index (χ2v) is 8.79. The molecule has 2 aromatic heterocycles. The Labute approximate surface area is 198 Å². The molecule has 0 bridgehead atoms. The van der Waals surface area contributed by atoms with E-state index in [-0.39, 0.29) is 11.6 Å². The predicted molar refractivity (Wildman–Crippen MR) is 128 cm³/mol. The number of piperazine rings is 1. The standard InChI is InChI=1S/C24H31N7O3/c1-5-29-16-22(17(2)25-29)15-27-10-12-28(13-11-27)24(32)21-8-6-20(7-9-21)14-30-19(4)23(31(33)34)18(3)26-30/h6-9,16H,5,10-15H2,1-4H3. The second-order valence-electron chi connectivity index (χ2n) is 8.79. The van der Waals surface area contributed by atoms with Crippen LogP contribution in [0, 0.1) is 30.9 Å². The van der Waals surface area contributed by atoms with Crippen molar-refractivity contribution in [2.45, 2.75) is 47.3 Å². The third kappa shape index (κ3) is 4.86. The highest BCUT2D eigenvalue weighted by atomic mass is 16.6. The number of carbonyl (C=O) groups excluding carboxylic acids is 1. The molecule has 3 heterocycles. The molecule has 1 fully saturated rings. The van der Waals surface area contributed by atoms with Crippen LogP contribution in [-0.4, -0.2) is 66.4 Å². The number of amides is 1. The number of aryl methyl sites for hydroxylation is 3. The normalized spacial score (nSPS) is 14.5. The average Bonchev–Trinajstić information content (AvgIpc) is 3.32. The quantitative estimate of drug-likeness (QED) is 0.393. The molecular weight excluding hydrogens is 434 g/mol. The van der Waals surface area contributed by atoms with Crippen LogP contribution in [0.4, 0.5) is 5.69 Å². The topological polar surface area (TPSA) is 102 Å². The summed E-state index contributed by atoms with van der Waals surface area (Å²) >= 11 is 0. The lowest BCUT2D eigenvalue weighted by atomic mass is 10.1. The molecular formula is C24H31N7O3. The lowest BCUT2D eigenvalue weighted by Gasteiger charge is -2.34. The average molecular weight is 466 g/mol. The molecule has 4 rings (SSSR count). The van der Waals surface area contributed by atoms with E-state index in [1.165, 1.54) is 5.56 Å². The van der Waals surface area contributed by atoms with E-state index in [9.17, 15) is 14.9 Å². The number of hydrogen-bond acceptors (Lipinski definition) is 6. The third-order valence-corrected chi connectivity index (χ3v) is 6.48. The van der Waals surface area contributed by atoms with Crippen molar-refractivity contribution in [2.75, 3.05) is 26.2 Å². The second kappa shape index (κ2) is 9.76. The zero-order chi connectivity index (χ0) is 24.4. The molecule has 1 amide bonds. The summed E-state index contributed by atoms with van der Waals surface area (Å²) < 4.78 is 3.60. The molecule has 1 aromatic carbocycles. The number of hydrogen-bond donors (Lipinski definition) is 0. The van der Waals surface area contributed by atoms with Crippen LogP contribution in [0.3, 0.4) is 0 Å². The van der Waals surface area contributed by atoms with Crippen LogP contribution in [0.25, 0.3) is 0 Å². The van der Waals surface area contributed by atoms with Gasteiger partial charge in [0.15, 0.2) is 0 Å². The highest BCUT2D eigenvalue weighted by Gasteiger charge is 2.24. The van der Waals surface area contributed by atoms with Crippen LogP contribution in [-0.2, 0) is 19.6 Å². The predicted octanol–water partition coefficient (Wildman–Crippen LogP) is 2.94. The number of nitro groups is 1. The van der Waals surface area contributed by atoms with Crippen molar-refractivity contribution in [1.82, 2.24) is 29.4 Å². The zero-order valence-corrected chi connectivity index (χ0v) is 20.2. The van der Waals surface area contributed by atoms with Gasteiger partial charge in [-0.3, -0.25) is 29.2 Å². The summed E-state index contributed by atoms with van der Waals surface area (Å²) in [6, 6.07) is 7.43. The van der Waals surface area contributed by atoms with E-state index in [4.69, 9.17) is 0 Å². The Balaban J connectivity index is 1.34. The number of nitrogens with zero attached hydrogens (tertiary/aromatic N) is 7. The van der Waals surface area contributed by atoms with Crippen molar-refractivity contribution in [2.24, 2.45) is 0 Å². The Kier molecular flexibility index (Phi) is 6.78. The summed E-state index contributed by atoms with van der Waals surface area (Å²) in [4.78, 5) is 28.1. The highest BCUT2D eigenvalue weighted by molar-refractivity contribution is 5.94. The van der Waals surface area contributed by atoms with Crippen LogP contribution in [0.15, 0.2) is 30.5 Å². The molecule has 0 saturated carbocycles. The van der Waals surface area contributed by atoms with Gasteiger partial charge in [-0.05, 0) is 45.4 Å². The summed E-state index contributed by atoms with van der Waals surface area (Å²) in [5.74, 6) is 0.0305. The molecule has 0 N–H and O–H groups in total. The molecule has 1 aliphatic heterocycles. The smallest absolute Gasteiger partial charge is 0.312 e. The van der Waals surface area contributed by atoms with Crippen LogP contribution < -0.4 is 0 Å². The number of carbonyl (C=O) groups is 1. The summed E-state index contributed by atoms with van der Waals surface area (Å²) in [5, 5.41) is 20.0. The fourth-order valence-electron chi connectivity index (χ4n) is 4.44. The lowest BCUT2D eigenvalue weighted by Crippen LogP contribution is -2.48. The molecule has 0 spiro atoms. The number of rotatable bonds is 7. The van der Waals surface area contributed by atoms with Gasteiger partial charge in [-0.25, -0.2) is 0 Å². The van der Waals surface area contributed by atoms with E-state index in [2.05, 4.69) is 28.2 Å². The minimum Gasteiger partial charge on any atom is -0.336 e. The van der Waals surface area contributed by atoms with Gasteiger partial charge in [0.25, 0.3) is 5.91 Å². The van der Waals surface area contributed by atoms with Gasteiger partial charge in [0.1, 0.15) is 11.4 Å². The van der Waals surface area contributed by atoms with Gasteiger partial charge >= 0.3 is 5.69 Å². The molecule has 3 aromatic rings. The first-order chi connectivity index (χ1) is 16.3. The number of aromatic nitrogens is 4. The first-order valence-electron chi connectivity index (χ1n) is 11.6. The van der Waals surface area contributed by atoms with Gasteiger partial charge in [0, 0.05) is 56.6 Å². The lowest BCUT2D eigenvalue weighted by molar-refractivity contribution is -0.386. The molecule has 180 valence electrons. The molecule has 0 atom stereocenters. The Morgan fingerprint density at radius 3 is 2.24 bits per heavy atom. The SMILES string of the molecule is CCn1cc(CN2CCN(C(=O)c3ccc(Cn4nc(C)c([N+](=O)[O-])c4C)cc3)CC2)c(C)n1. The van der Waals surface area contributed by atoms with Crippen molar-refractivity contribution in [3.05, 3.63) is 74.3 Å². The van der Waals surface area contributed by atoms with Gasteiger partial charge in [-0.1, -0.05) is 12.1 Å². The van der Waals surface area contributed by atoms with E-state index in [0.29, 0.717) is 36.6 Å². The fourth-order valence-corrected chi connectivity index (χ4v) is 4.44. The minimum atomic E-state index is -0.394. The van der Waals surface area contributed by atoms with Gasteiger partial charge in [0.2, 0.25) is 0 Å². The van der Waals surface area contributed by atoms with E-state index >= 15 is 0 Å². The van der Waals surface area contributed by atoms with Gasteiger partial charge in [-0.2, -0.15) is 10.2 Å². The highest BCUT2D eigenvalue weighted by Crippen LogP contribution is 2.23. The maximum Gasteiger partial charge on any atom is 0.312 e. The molecule has 10 nitrogen and oxygen atoms in total. The van der Waals surface area contributed by atoms with E-state index in [1.54, 1.807) is 18.5 Å². The van der Waals surface area contributed by atoms with Crippen molar-refractivity contribution >= 4 is 11.6 Å². The molecule has 0 aliphatic carbocycles. The monoisotopic (exact) mass is 465 g/mol. The van der Waals surface area contributed by atoms with Crippen molar-refractivity contribution in [3.63, 3.8) is 0 Å². The molecule has 0 unspecified atom stereocenters. The number of benzene rings is 1. The first kappa shape index (κ1) is 23.6. The molecule has 1 aliphatic rings. The van der Waals surface area contributed by atoms with Gasteiger partial charge < -0.3 is 4.90 Å². The zero-order valence-electron chi connectivity index (χ0n) is 20.2. The first-order valence-corrected chi connectivity index (χ1v) is 11.6. The Hall–Kier alpha value is -3.53. The van der Waals surface area contributed by atoms with E-state index in [0.717, 1.165) is 37.4 Å². The maximum atomic E-state index is 13.0. The summed E-state index contributed by atoms with van der Waals surface area (Å²) in [6.45, 7) is 12.6. The van der Waals surface area contributed by atoms with Crippen molar-refractivity contribution < 1.29 is 9.72 Å². The van der Waals surface area contributed by atoms with Gasteiger partial charge in [0.05, 0.1) is 17.2 Å². The van der Waals surface area contributed by atoms with Crippen LogP contribution >= 0.6 is 0 Å². The summed E-state index contributed by atoms with van der Waals surface area (Å²) in [6.07, 6.45) is 2.11. The van der Waals surface area contributed by atoms with Crippen LogP contribution in [0.5, 0.6) is 0 Å². The van der Waals surface area contributed by atoms with E-state index in [1.807, 2.05) is 40.8 Å². The summed E-state index contributed by atoms with van der Waals surface area (Å²) in [7, 11) is 0.